The Balaban J connectivity index is 1.65. The number of aromatic carboxylic acids is 1. The second kappa shape index (κ2) is 6.00. The molecule has 3 nitrogen and oxygen atoms in total. The Kier molecular flexibility index (Phi) is 3.77. The zero-order valence-corrected chi connectivity index (χ0v) is 15.0. The Morgan fingerprint density at radius 3 is 2.57 bits per heavy atom. The van der Waals surface area contributed by atoms with Crippen LogP contribution in [-0.2, 0) is 6.18 Å². The minimum absolute atomic E-state index is 0.190. The Bertz CT molecular complexity index is 955. The van der Waals surface area contributed by atoms with E-state index in [1.807, 2.05) is 6.07 Å². The van der Waals surface area contributed by atoms with Crippen molar-refractivity contribution in [2.75, 3.05) is 5.32 Å². The van der Waals surface area contributed by atoms with Crippen molar-refractivity contribution in [2.24, 2.45) is 17.8 Å². The van der Waals surface area contributed by atoms with E-state index in [1.165, 1.54) is 12.1 Å². The molecule has 146 valence electrons. The first-order chi connectivity index (χ1) is 13.3. The summed E-state index contributed by atoms with van der Waals surface area (Å²) in [6, 6.07) is 10.5. The summed E-state index contributed by atoms with van der Waals surface area (Å²) in [6.07, 6.45) is -1.12. The van der Waals surface area contributed by atoms with Crippen LogP contribution in [0.1, 0.15) is 58.3 Å². The number of carboxylic acids is 1. The van der Waals surface area contributed by atoms with Gasteiger partial charge in [-0.2, -0.15) is 13.2 Å². The average molecular weight is 387 g/mol. The van der Waals surface area contributed by atoms with E-state index in [4.69, 9.17) is 0 Å². The van der Waals surface area contributed by atoms with Gasteiger partial charge in [-0.05, 0) is 72.3 Å². The van der Waals surface area contributed by atoms with E-state index < -0.39 is 17.7 Å². The lowest BCUT2D eigenvalue weighted by Gasteiger charge is -2.44. The maximum atomic E-state index is 13.3. The molecule has 6 heteroatoms. The van der Waals surface area contributed by atoms with Gasteiger partial charge in [-0.3, -0.25) is 0 Å². The van der Waals surface area contributed by atoms with Gasteiger partial charge in [0.25, 0.3) is 0 Å². The second-order valence-electron chi connectivity index (χ2n) is 8.26. The number of alkyl halides is 3. The number of benzene rings is 2. The molecule has 5 atom stereocenters. The van der Waals surface area contributed by atoms with Crippen LogP contribution in [0.25, 0.3) is 0 Å². The molecule has 28 heavy (non-hydrogen) atoms. The molecule has 2 N–H and O–H groups in total. The minimum Gasteiger partial charge on any atom is -0.478 e. The summed E-state index contributed by atoms with van der Waals surface area (Å²) in [5, 5.41) is 13.0. The number of fused-ring (bicyclic) bond motifs is 7. The molecule has 2 aromatic carbocycles. The second-order valence-corrected chi connectivity index (χ2v) is 8.26. The number of rotatable bonds is 2. The largest absolute Gasteiger partial charge is 0.478 e. The number of halogens is 3. The Hall–Kier alpha value is -2.50. The highest BCUT2D eigenvalue weighted by Crippen LogP contribution is 2.64. The molecular weight excluding hydrogens is 367 g/mol. The lowest BCUT2D eigenvalue weighted by molar-refractivity contribution is -0.137. The van der Waals surface area contributed by atoms with Gasteiger partial charge in [0.15, 0.2) is 0 Å². The third-order valence-electron chi connectivity index (χ3n) is 6.92. The normalized spacial score (nSPS) is 30.5. The Labute approximate surface area is 160 Å². The summed E-state index contributed by atoms with van der Waals surface area (Å²) in [5.74, 6) is 0.318. The number of carbonyl (C=O) groups is 1. The lowest BCUT2D eigenvalue weighted by Crippen LogP contribution is -2.36. The topological polar surface area (TPSA) is 49.3 Å². The first-order valence-corrected chi connectivity index (χ1v) is 9.64. The van der Waals surface area contributed by atoms with Gasteiger partial charge in [-0.1, -0.05) is 24.3 Å². The predicted octanol–water partition coefficient (Wildman–Crippen LogP) is 5.70. The van der Waals surface area contributed by atoms with Crippen molar-refractivity contribution in [3.05, 3.63) is 64.7 Å². The van der Waals surface area contributed by atoms with Gasteiger partial charge >= 0.3 is 12.1 Å². The maximum Gasteiger partial charge on any atom is 0.416 e. The SMILES string of the molecule is O=C(O)c1cccc2c1N[C@H](c1cccc(C(F)(F)F)c1)[C@H]1[C@H]3CC[C@@H](C3)[C@@H]21. The van der Waals surface area contributed by atoms with Gasteiger partial charge in [0.1, 0.15) is 0 Å². The van der Waals surface area contributed by atoms with Crippen LogP contribution in [0.3, 0.4) is 0 Å². The van der Waals surface area contributed by atoms with Crippen molar-refractivity contribution in [3.8, 4) is 0 Å². The molecule has 2 aromatic rings. The van der Waals surface area contributed by atoms with E-state index in [-0.39, 0.29) is 23.4 Å². The zero-order valence-electron chi connectivity index (χ0n) is 15.0. The van der Waals surface area contributed by atoms with Crippen LogP contribution in [0.15, 0.2) is 42.5 Å². The van der Waals surface area contributed by atoms with Gasteiger partial charge in [-0.25, -0.2) is 4.79 Å². The fraction of sp³-hybridized carbons (Fsp3) is 0.409. The van der Waals surface area contributed by atoms with Crippen LogP contribution >= 0.6 is 0 Å². The standard InChI is InChI=1S/C22H20F3NO2/c23-22(24,25)14-4-1-3-13(10-14)19-18-12-8-7-11(9-12)17(18)15-5-2-6-16(21(27)28)20(15)26-19/h1-6,10-12,17-19,26H,7-9H2,(H,27,28)/t11-,12-,17-,18-,19+/m0/s1. The third-order valence-corrected chi connectivity index (χ3v) is 6.92. The smallest absolute Gasteiger partial charge is 0.416 e. The highest BCUT2D eigenvalue weighted by molar-refractivity contribution is 5.95. The summed E-state index contributed by atoms with van der Waals surface area (Å²) in [4.78, 5) is 11.8. The highest BCUT2D eigenvalue weighted by atomic mass is 19.4. The predicted molar refractivity (Wildman–Crippen MR) is 98.3 cm³/mol. The van der Waals surface area contributed by atoms with Crippen molar-refractivity contribution < 1.29 is 23.1 Å². The van der Waals surface area contributed by atoms with E-state index in [9.17, 15) is 23.1 Å². The van der Waals surface area contributed by atoms with Gasteiger partial charge in [-0.15, -0.1) is 0 Å². The molecule has 3 aliphatic rings. The molecule has 0 radical (unpaired) electrons. The number of carboxylic acid groups (broad SMARTS) is 1. The maximum absolute atomic E-state index is 13.3. The van der Waals surface area contributed by atoms with E-state index in [2.05, 4.69) is 5.32 Å². The molecule has 2 aliphatic carbocycles. The number of hydrogen-bond acceptors (Lipinski definition) is 2. The molecule has 0 spiro atoms. The van der Waals surface area contributed by atoms with E-state index in [1.54, 1.807) is 18.2 Å². The third kappa shape index (κ3) is 2.54. The van der Waals surface area contributed by atoms with Gasteiger partial charge in [0.05, 0.1) is 22.9 Å². The van der Waals surface area contributed by atoms with Crippen molar-refractivity contribution in [2.45, 2.75) is 37.4 Å². The van der Waals surface area contributed by atoms with Crippen molar-refractivity contribution in [3.63, 3.8) is 0 Å². The summed E-state index contributed by atoms with van der Waals surface area (Å²) in [7, 11) is 0. The molecule has 0 amide bonds. The summed E-state index contributed by atoms with van der Waals surface area (Å²) < 4.78 is 39.8. The van der Waals surface area contributed by atoms with Crippen LogP contribution in [0, 0.1) is 17.8 Å². The molecular formula is C22H20F3NO2. The fourth-order valence-electron chi connectivity index (χ4n) is 5.93. The van der Waals surface area contributed by atoms with Gasteiger partial charge in [0, 0.05) is 0 Å². The highest BCUT2D eigenvalue weighted by Gasteiger charge is 2.54. The molecule has 2 fully saturated rings. The zero-order chi connectivity index (χ0) is 19.6. The molecule has 2 saturated carbocycles. The Morgan fingerprint density at radius 2 is 1.82 bits per heavy atom. The molecule has 2 bridgehead atoms. The molecule has 0 unspecified atom stereocenters. The average Bonchev–Trinajstić information content (AvgIpc) is 3.28. The van der Waals surface area contributed by atoms with Crippen LogP contribution in [-0.4, -0.2) is 11.1 Å². The van der Waals surface area contributed by atoms with E-state index in [0.29, 0.717) is 23.1 Å². The molecule has 0 aromatic heterocycles. The van der Waals surface area contributed by atoms with E-state index in [0.717, 1.165) is 30.9 Å². The minimum atomic E-state index is -4.40. The number of para-hydroxylation sites is 1. The van der Waals surface area contributed by atoms with Gasteiger partial charge < -0.3 is 10.4 Å². The summed E-state index contributed by atoms with van der Waals surface area (Å²) >= 11 is 0. The summed E-state index contributed by atoms with van der Waals surface area (Å²) in [5.41, 5.74) is 1.70. The summed E-state index contributed by atoms with van der Waals surface area (Å²) in [6.45, 7) is 0. The fourth-order valence-corrected chi connectivity index (χ4v) is 5.93. The number of anilines is 1. The first-order valence-electron chi connectivity index (χ1n) is 9.64. The van der Waals surface area contributed by atoms with Crippen LogP contribution in [0.2, 0.25) is 0 Å². The number of nitrogens with one attached hydrogen (secondary N) is 1. The van der Waals surface area contributed by atoms with Gasteiger partial charge in [0.2, 0.25) is 0 Å². The molecule has 1 aliphatic heterocycles. The number of hydrogen-bond donors (Lipinski definition) is 2. The van der Waals surface area contributed by atoms with Crippen LogP contribution in [0.5, 0.6) is 0 Å². The van der Waals surface area contributed by atoms with Crippen molar-refractivity contribution >= 4 is 11.7 Å². The molecule has 5 rings (SSSR count). The Morgan fingerprint density at radius 1 is 1.07 bits per heavy atom. The van der Waals surface area contributed by atoms with Crippen LogP contribution < -0.4 is 5.32 Å². The van der Waals surface area contributed by atoms with E-state index >= 15 is 0 Å². The quantitative estimate of drug-likeness (QED) is 0.695. The molecule has 1 heterocycles. The van der Waals surface area contributed by atoms with Crippen LogP contribution in [0.4, 0.5) is 18.9 Å². The van der Waals surface area contributed by atoms with Crippen molar-refractivity contribution in [1.29, 1.82) is 0 Å². The first kappa shape index (κ1) is 17.6. The van der Waals surface area contributed by atoms with Crippen molar-refractivity contribution in [1.82, 2.24) is 0 Å². The molecule has 0 saturated heterocycles. The lowest BCUT2D eigenvalue weighted by atomic mass is 9.67. The monoisotopic (exact) mass is 387 g/mol.